The molecule has 0 radical (unpaired) electrons. The standard InChI is InChI=1S/C22H30N4O3S/c1-4-17(3)24-22(27)19-15-18(9-10-20(19)26-13-11-23-12-14-26)25-30(28,29)21-8-6-5-7-16(21)2/h5-10,15,17,23,25H,4,11-14H2,1-3H3,(H,24,27)/t17-/m1/s1. The molecule has 0 spiro atoms. The third-order valence-electron chi connectivity index (χ3n) is 5.32. The van der Waals surface area contributed by atoms with Gasteiger partial charge in [0, 0.05) is 43.6 Å². The van der Waals surface area contributed by atoms with Gasteiger partial charge in [0.15, 0.2) is 0 Å². The highest BCUT2D eigenvalue weighted by Crippen LogP contribution is 2.27. The monoisotopic (exact) mass is 430 g/mol. The van der Waals surface area contributed by atoms with Gasteiger partial charge in [-0.15, -0.1) is 0 Å². The van der Waals surface area contributed by atoms with Crippen molar-refractivity contribution in [3.8, 4) is 0 Å². The number of hydrogen-bond acceptors (Lipinski definition) is 5. The number of anilines is 2. The normalized spacial score (nSPS) is 15.5. The average Bonchev–Trinajstić information content (AvgIpc) is 2.74. The lowest BCUT2D eigenvalue weighted by Gasteiger charge is -2.31. The lowest BCUT2D eigenvalue weighted by molar-refractivity contribution is 0.0939. The van der Waals surface area contributed by atoms with Crippen molar-refractivity contribution in [1.29, 1.82) is 0 Å². The molecule has 1 heterocycles. The number of piperazine rings is 1. The summed E-state index contributed by atoms with van der Waals surface area (Å²) in [5.74, 6) is -0.199. The van der Waals surface area contributed by atoms with Gasteiger partial charge in [0.1, 0.15) is 0 Å². The highest BCUT2D eigenvalue weighted by Gasteiger charge is 2.22. The maximum Gasteiger partial charge on any atom is 0.262 e. The van der Waals surface area contributed by atoms with Crippen LogP contribution in [0, 0.1) is 6.92 Å². The van der Waals surface area contributed by atoms with Gasteiger partial charge < -0.3 is 15.5 Å². The summed E-state index contributed by atoms with van der Waals surface area (Å²) in [6, 6.07) is 12.0. The van der Waals surface area contributed by atoms with Crippen LogP contribution in [-0.4, -0.2) is 46.5 Å². The Morgan fingerprint density at radius 1 is 1.17 bits per heavy atom. The second-order valence-corrected chi connectivity index (χ2v) is 9.27. The lowest BCUT2D eigenvalue weighted by Crippen LogP contribution is -2.44. The zero-order valence-electron chi connectivity index (χ0n) is 17.7. The van der Waals surface area contributed by atoms with Gasteiger partial charge >= 0.3 is 0 Å². The summed E-state index contributed by atoms with van der Waals surface area (Å²) in [6.45, 7) is 8.98. The van der Waals surface area contributed by atoms with Crippen molar-refractivity contribution in [3.63, 3.8) is 0 Å². The van der Waals surface area contributed by atoms with Crippen LogP contribution in [0.3, 0.4) is 0 Å². The van der Waals surface area contributed by atoms with Crippen molar-refractivity contribution < 1.29 is 13.2 Å². The van der Waals surface area contributed by atoms with Crippen LogP contribution in [0.4, 0.5) is 11.4 Å². The van der Waals surface area contributed by atoms with E-state index in [0.717, 1.165) is 38.3 Å². The van der Waals surface area contributed by atoms with Crippen LogP contribution in [0.1, 0.15) is 36.2 Å². The molecule has 1 saturated heterocycles. The Labute approximate surface area is 178 Å². The number of rotatable bonds is 7. The van der Waals surface area contributed by atoms with E-state index in [1.54, 1.807) is 43.3 Å². The summed E-state index contributed by atoms with van der Waals surface area (Å²) in [5.41, 5.74) is 2.32. The predicted octanol–water partition coefficient (Wildman–Crippen LogP) is 2.73. The SMILES string of the molecule is CC[C@@H](C)NC(=O)c1cc(NS(=O)(=O)c2ccccc2C)ccc1N1CCNCC1. The fourth-order valence-electron chi connectivity index (χ4n) is 3.43. The molecule has 30 heavy (non-hydrogen) atoms. The molecule has 1 aliphatic rings. The van der Waals surface area contributed by atoms with E-state index in [1.165, 1.54) is 0 Å². The number of carbonyl (C=O) groups is 1. The van der Waals surface area contributed by atoms with E-state index in [1.807, 2.05) is 19.9 Å². The molecule has 2 aromatic rings. The van der Waals surface area contributed by atoms with Gasteiger partial charge in [-0.2, -0.15) is 0 Å². The smallest absolute Gasteiger partial charge is 0.262 e. The van der Waals surface area contributed by atoms with Gasteiger partial charge in [0.2, 0.25) is 0 Å². The number of nitrogens with one attached hydrogen (secondary N) is 3. The van der Waals surface area contributed by atoms with Crippen molar-refractivity contribution in [2.24, 2.45) is 0 Å². The quantitative estimate of drug-likeness (QED) is 0.628. The van der Waals surface area contributed by atoms with Gasteiger partial charge in [0.25, 0.3) is 15.9 Å². The molecule has 1 atom stereocenters. The van der Waals surface area contributed by atoms with Crippen molar-refractivity contribution in [2.45, 2.75) is 38.1 Å². The fraction of sp³-hybridized carbons (Fsp3) is 0.409. The second-order valence-electron chi connectivity index (χ2n) is 7.62. The minimum absolute atomic E-state index is 0.0284. The van der Waals surface area contributed by atoms with Crippen LogP contribution in [-0.2, 0) is 10.0 Å². The van der Waals surface area contributed by atoms with Crippen LogP contribution < -0.4 is 20.3 Å². The molecule has 0 bridgehead atoms. The van der Waals surface area contributed by atoms with Crippen LogP contribution in [0.2, 0.25) is 0 Å². The molecule has 0 aliphatic carbocycles. The first-order valence-electron chi connectivity index (χ1n) is 10.3. The number of carbonyl (C=O) groups excluding carboxylic acids is 1. The highest BCUT2D eigenvalue weighted by molar-refractivity contribution is 7.92. The second kappa shape index (κ2) is 9.49. The first-order chi connectivity index (χ1) is 14.3. The van der Waals surface area contributed by atoms with Crippen molar-refractivity contribution in [1.82, 2.24) is 10.6 Å². The number of hydrogen-bond donors (Lipinski definition) is 3. The fourth-order valence-corrected chi connectivity index (χ4v) is 4.73. The van der Waals surface area contributed by atoms with Gasteiger partial charge in [0.05, 0.1) is 10.5 Å². The molecule has 162 valence electrons. The lowest BCUT2D eigenvalue weighted by atomic mass is 10.1. The average molecular weight is 431 g/mol. The first-order valence-corrected chi connectivity index (χ1v) is 11.8. The molecule has 1 aliphatic heterocycles. The molecule has 7 nitrogen and oxygen atoms in total. The molecule has 0 aromatic heterocycles. The summed E-state index contributed by atoms with van der Waals surface area (Å²) in [4.78, 5) is 15.4. The Kier molecular flexibility index (Phi) is 6.99. The summed E-state index contributed by atoms with van der Waals surface area (Å²) >= 11 is 0. The predicted molar refractivity (Wildman–Crippen MR) is 121 cm³/mol. The Morgan fingerprint density at radius 3 is 2.53 bits per heavy atom. The van der Waals surface area contributed by atoms with Gasteiger partial charge in [-0.1, -0.05) is 25.1 Å². The van der Waals surface area contributed by atoms with E-state index < -0.39 is 10.0 Å². The summed E-state index contributed by atoms with van der Waals surface area (Å²) in [7, 11) is -3.76. The Balaban J connectivity index is 1.95. The number of benzene rings is 2. The summed E-state index contributed by atoms with van der Waals surface area (Å²) in [6.07, 6.45) is 0.814. The third kappa shape index (κ3) is 5.12. The Morgan fingerprint density at radius 2 is 1.87 bits per heavy atom. The third-order valence-corrected chi connectivity index (χ3v) is 6.87. The minimum Gasteiger partial charge on any atom is -0.368 e. The summed E-state index contributed by atoms with van der Waals surface area (Å²) < 4.78 is 28.4. The molecule has 0 unspecified atom stereocenters. The van der Waals surface area contributed by atoms with E-state index in [-0.39, 0.29) is 16.8 Å². The van der Waals surface area contributed by atoms with Crippen LogP contribution in [0.15, 0.2) is 47.4 Å². The first kappa shape index (κ1) is 22.1. The highest BCUT2D eigenvalue weighted by atomic mass is 32.2. The Bertz CT molecular complexity index is 1000. The van der Waals surface area contributed by atoms with E-state index >= 15 is 0 Å². The van der Waals surface area contributed by atoms with Crippen molar-refractivity contribution in [3.05, 3.63) is 53.6 Å². The van der Waals surface area contributed by atoms with E-state index in [0.29, 0.717) is 16.8 Å². The molecule has 8 heteroatoms. The van der Waals surface area contributed by atoms with E-state index in [4.69, 9.17) is 0 Å². The van der Waals surface area contributed by atoms with Crippen LogP contribution >= 0.6 is 0 Å². The molecular formula is C22H30N4O3S. The zero-order chi connectivity index (χ0) is 21.7. The molecule has 1 fully saturated rings. The van der Waals surface area contributed by atoms with Crippen LogP contribution in [0.5, 0.6) is 0 Å². The zero-order valence-corrected chi connectivity index (χ0v) is 18.6. The number of aryl methyl sites for hydroxylation is 1. The van der Waals surface area contributed by atoms with Gasteiger partial charge in [-0.05, 0) is 50.1 Å². The number of sulfonamides is 1. The molecule has 3 rings (SSSR count). The largest absolute Gasteiger partial charge is 0.368 e. The maximum atomic E-state index is 13.0. The number of amides is 1. The van der Waals surface area contributed by atoms with Crippen molar-refractivity contribution in [2.75, 3.05) is 35.8 Å². The van der Waals surface area contributed by atoms with Gasteiger partial charge in [-0.3, -0.25) is 9.52 Å². The summed E-state index contributed by atoms with van der Waals surface area (Å²) in [5, 5.41) is 6.30. The topological polar surface area (TPSA) is 90.5 Å². The molecule has 1 amide bonds. The van der Waals surface area contributed by atoms with E-state index in [9.17, 15) is 13.2 Å². The number of nitrogens with zero attached hydrogens (tertiary/aromatic N) is 1. The molecule has 0 saturated carbocycles. The molecule has 3 N–H and O–H groups in total. The molecule has 2 aromatic carbocycles. The molecular weight excluding hydrogens is 400 g/mol. The van der Waals surface area contributed by atoms with E-state index in [2.05, 4.69) is 20.3 Å². The van der Waals surface area contributed by atoms with Crippen LogP contribution in [0.25, 0.3) is 0 Å². The van der Waals surface area contributed by atoms with Crippen molar-refractivity contribution >= 4 is 27.3 Å². The minimum atomic E-state index is -3.76. The van der Waals surface area contributed by atoms with Gasteiger partial charge in [-0.25, -0.2) is 8.42 Å². The maximum absolute atomic E-state index is 13.0. The Hall–Kier alpha value is -2.58.